The Morgan fingerprint density at radius 3 is 2.39 bits per heavy atom. The van der Waals surface area contributed by atoms with E-state index in [1.165, 1.54) is 16.7 Å². The lowest BCUT2D eigenvalue weighted by molar-refractivity contribution is -0.124. The molecule has 6 nitrogen and oxygen atoms in total. The van der Waals surface area contributed by atoms with Gasteiger partial charge < -0.3 is 0 Å². The van der Waals surface area contributed by atoms with Crippen molar-refractivity contribution in [2.45, 2.75) is 12.8 Å². The van der Waals surface area contributed by atoms with E-state index in [4.69, 9.17) is 12.2 Å². The average molecular weight is 452 g/mol. The first-order valence-corrected chi connectivity index (χ1v) is 10.9. The first-order chi connectivity index (χ1) is 15.0. The lowest BCUT2D eigenvalue weighted by atomic mass is 10.2. The molecule has 0 unspecified atom stereocenters. The van der Waals surface area contributed by atoms with Crippen LogP contribution in [-0.2, 0) is 9.59 Å². The first kappa shape index (κ1) is 22.5. The van der Waals surface area contributed by atoms with Gasteiger partial charge >= 0.3 is 0 Å². The maximum Gasteiger partial charge on any atom is 0.269 e. The summed E-state index contributed by atoms with van der Waals surface area (Å²) >= 11 is 6.55. The topological polar surface area (TPSA) is 78.5 Å². The Bertz CT molecular complexity index is 1020. The van der Waals surface area contributed by atoms with Crippen LogP contribution in [0.25, 0.3) is 6.08 Å². The van der Waals surface area contributed by atoms with Crippen LogP contribution in [0.3, 0.4) is 0 Å². The highest BCUT2D eigenvalue weighted by atomic mass is 32.2. The summed E-state index contributed by atoms with van der Waals surface area (Å²) in [6, 6.07) is 18.4. The van der Waals surface area contributed by atoms with Crippen molar-refractivity contribution in [2.24, 2.45) is 0 Å². The quantitative estimate of drug-likeness (QED) is 0.381. The molecule has 1 aliphatic heterocycles. The van der Waals surface area contributed by atoms with Gasteiger partial charge in [0.15, 0.2) is 0 Å². The number of thiocarbonyl (C=S) groups is 1. The van der Waals surface area contributed by atoms with E-state index in [1.54, 1.807) is 36.4 Å². The van der Waals surface area contributed by atoms with E-state index >= 15 is 0 Å². The molecule has 158 valence electrons. The highest BCUT2D eigenvalue weighted by molar-refractivity contribution is 8.26. The number of thioether (sulfide) groups is 1. The number of nitrogens with zero attached hydrogens (tertiary/aromatic N) is 1. The maximum atomic E-state index is 12.6. The largest absolute Gasteiger partial charge is 0.293 e. The zero-order chi connectivity index (χ0) is 22.1. The predicted molar refractivity (Wildman–Crippen MR) is 127 cm³/mol. The van der Waals surface area contributed by atoms with Crippen molar-refractivity contribution in [3.05, 3.63) is 88.8 Å². The Morgan fingerprint density at radius 1 is 1.00 bits per heavy atom. The Kier molecular flexibility index (Phi) is 8.14. The van der Waals surface area contributed by atoms with Crippen molar-refractivity contribution in [3.8, 4) is 0 Å². The summed E-state index contributed by atoms with van der Waals surface area (Å²) in [7, 11) is 0. The third kappa shape index (κ3) is 6.63. The summed E-state index contributed by atoms with van der Waals surface area (Å²) in [6.45, 7) is 0.338. The standard InChI is InChI=1S/C23H21N3O3S2/c27-20(24-25-21(28)18-12-5-2-6-13-18)15-8-16-26-22(29)19(31-23(26)30)14-7-11-17-9-3-1-4-10-17/h1-7,9-14H,8,15-16H2,(H,24,27)(H,25,28)/b11-7+,19-14-. The summed E-state index contributed by atoms with van der Waals surface area (Å²) in [5, 5.41) is 0. The Hall–Kier alpha value is -3.23. The van der Waals surface area contributed by atoms with Gasteiger partial charge in [-0.2, -0.15) is 0 Å². The second kappa shape index (κ2) is 11.2. The maximum absolute atomic E-state index is 12.6. The molecule has 3 amide bonds. The van der Waals surface area contributed by atoms with Crippen LogP contribution in [0.15, 0.2) is 77.7 Å². The normalized spacial score (nSPS) is 15.0. The van der Waals surface area contributed by atoms with Crippen LogP contribution in [0.1, 0.15) is 28.8 Å². The van der Waals surface area contributed by atoms with Crippen LogP contribution in [-0.4, -0.2) is 33.5 Å². The SMILES string of the molecule is O=C(CCCN1C(=O)/C(=C/C=C/c2ccccc2)SC1=S)NNC(=O)c1ccccc1. The third-order valence-corrected chi connectivity index (χ3v) is 5.74. The van der Waals surface area contributed by atoms with Crippen molar-refractivity contribution in [1.82, 2.24) is 15.8 Å². The lowest BCUT2D eigenvalue weighted by Gasteiger charge is -2.14. The second-order valence-electron chi connectivity index (χ2n) is 6.60. The van der Waals surface area contributed by atoms with E-state index in [0.29, 0.717) is 27.8 Å². The van der Waals surface area contributed by atoms with E-state index in [2.05, 4.69) is 10.9 Å². The second-order valence-corrected chi connectivity index (χ2v) is 8.27. The smallest absolute Gasteiger partial charge is 0.269 e. The molecule has 3 rings (SSSR count). The van der Waals surface area contributed by atoms with Crippen LogP contribution in [0.4, 0.5) is 0 Å². The number of allylic oxidation sites excluding steroid dienone is 2. The van der Waals surface area contributed by atoms with Gasteiger partial charge in [-0.05, 0) is 30.2 Å². The molecular formula is C23H21N3O3S2. The Morgan fingerprint density at radius 2 is 1.68 bits per heavy atom. The number of nitrogens with one attached hydrogen (secondary N) is 2. The number of hydrazine groups is 1. The van der Waals surface area contributed by atoms with Crippen LogP contribution >= 0.6 is 24.0 Å². The average Bonchev–Trinajstić information content (AvgIpc) is 3.06. The molecule has 8 heteroatoms. The molecule has 31 heavy (non-hydrogen) atoms. The molecule has 0 radical (unpaired) electrons. The van der Waals surface area contributed by atoms with E-state index in [-0.39, 0.29) is 24.1 Å². The number of hydrogen-bond donors (Lipinski definition) is 2. The Labute approximate surface area is 190 Å². The fourth-order valence-electron chi connectivity index (χ4n) is 2.77. The van der Waals surface area contributed by atoms with Crippen molar-refractivity contribution >= 4 is 52.1 Å². The highest BCUT2D eigenvalue weighted by Gasteiger charge is 2.31. The minimum Gasteiger partial charge on any atom is -0.293 e. The molecule has 0 spiro atoms. The number of amides is 3. The summed E-state index contributed by atoms with van der Waals surface area (Å²) in [6.07, 6.45) is 6.06. The predicted octanol–water partition coefficient (Wildman–Crippen LogP) is 3.69. The van der Waals surface area contributed by atoms with Crippen LogP contribution in [0.5, 0.6) is 0 Å². The van der Waals surface area contributed by atoms with Gasteiger partial charge in [0.1, 0.15) is 4.32 Å². The van der Waals surface area contributed by atoms with Crippen LogP contribution in [0.2, 0.25) is 0 Å². The van der Waals surface area contributed by atoms with Gasteiger partial charge in [0.2, 0.25) is 5.91 Å². The van der Waals surface area contributed by atoms with E-state index in [9.17, 15) is 14.4 Å². The summed E-state index contributed by atoms with van der Waals surface area (Å²) < 4.78 is 0.474. The number of hydrogen-bond acceptors (Lipinski definition) is 5. The minimum absolute atomic E-state index is 0.152. The molecule has 0 bridgehead atoms. The monoisotopic (exact) mass is 451 g/mol. The van der Waals surface area contributed by atoms with Gasteiger partial charge in [-0.3, -0.25) is 30.1 Å². The number of carbonyl (C=O) groups is 3. The zero-order valence-electron chi connectivity index (χ0n) is 16.6. The fraction of sp³-hybridized carbons (Fsp3) is 0.130. The molecular weight excluding hydrogens is 430 g/mol. The van der Waals surface area contributed by atoms with E-state index in [1.807, 2.05) is 42.5 Å². The summed E-state index contributed by atoms with van der Waals surface area (Å²) in [4.78, 5) is 38.5. The summed E-state index contributed by atoms with van der Waals surface area (Å²) in [5.74, 6) is -0.888. The van der Waals surface area contributed by atoms with Crippen molar-refractivity contribution in [3.63, 3.8) is 0 Å². The zero-order valence-corrected chi connectivity index (χ0v) is 18.2. The van der Waals surface area contributed by atoms with Crippen molar-refractivity contribution < 1.29 is 14.4 Å². The molecule has 1 fully saturated rings. The minimum atomic E-state index is -0.389. The molecule has 2 aromatic rings. The van der Waals surface area contributed by atoms with Crippen LogP contribution < -0.4 is 10.9 Å². The molecule has 2 aromatic carbocycles. The highest BCUT2D eigenvalue weighted by Crippen LogP contribution is 2.31. The lowest BCUT2D eigenvalue weighted by Crippen LogP contribution is -2.41. The van der Waals surface area contributed by atoms with Gasteiger partial charge in [0.05, 0.1) is 4.91 Å². The molecule has 2 N–H and O–H groups in total. The molecule has 0 aliphatic carbocycles. The molecule has 1 saturated heterocycles. The molecule has 0 atom stereocenters. The van der Waals surface area contributed by atoms with Crippen LogP contribution in [0, 0.1) is 0 Å². The van der Waals surface area contributed by atoms with E-state index < -0.39 is 0 Å². The van der Waals surface area contributed by atoms with Gasteiger partial charge in [-0.25, -0.2) is 0 Å². The molecule has 1 aliphatic rings. The van der Waals surface area contributed by atoms with Gasteiger partial charge in [-0.1, -0.05) is 84.7 Å². The summed E-state index contributed by atoms with van der Waals surface area (Å²) in [5.41, 5.74) is 6.25. The van der Waals surface area contributed by atoms with Gasteiger partial charge in [-0.15, -0.1) is 0 Å². The van der Waals surface area contributed by atoms with E-state index in [0.717, 1.165) is 5.56 Å². The number of rotatable bonds is 7. The third-order valence-electron chi connectivity index (χ3n) is 4.35. The molecule has 1 heterocycles. The fourth-order valence-corrected chi connectivity index (χ4v) is 4.03. The molecule has 0 aromatic heterocycles. The molecule has 0 saturated carbocycles. The van der Waals surface area contributed by atoms with Crippen molar-refractivity contribution in [1.29, 1.82) is 0 Å². The Balaban J connectivity index is 1.42. The van der Waals surface area contributed by atoms with Crippen molar-refractivity contribution in [2.75, 3.05) is 6.54 Å². The number of benzene rings is 2. The first-order valence-electron chi connectivity index (χ1n) is 9.66. The van der Waals surface area contributed by atoms with Gasteiger partial charge in [0.25, 0.3) is 11.8 Å². The number of carbonyl (C=O) groups excluding carboxylic acids is 3. The van der Waals surface area contributed by atoms with Gasteiger partial charge in [0, 0.05) is 18.5 Å².